The van der Waals surface area contributed by atoms with E-state index in [9.17, 15) is 5.11 Å². The Morgan fingerprint density at radius 2 is 2.16 bits per heavy atom. The molecule has 0 saturated carbocycles. The van der Waals surface area contributed by atoms with Crippen LogP contribution in [0, 0.1) is 5.92 Å². The Morgan fingerprint density at radius 1 is 1.37 bits per heavy atom. The average molecular weight is 261 g/mol. The van der Waals surface area contributed by atoms with Crippen LogP contribution < -0.4 is 4.90 Å². The number of nitrogens with zero attached hydrogens (tertiary/aromatic N) is 3. The maximum absolute atomic E-state index is 9.65. The number of hydrogen-bond donors (Lipinski definition) is 1. The van der Waals surface area contributed by atoms with Crippen molar-refractivity contribution in [3.05, 3.63) is 30.1 Å². The number of aliphatic hydroxyl groups excluding tert-OH is 1. The Kier molecular flexibility index (Phi) is 4.43. The van der Waals surface area contributed by atoms with Gasteiger partial charge in [0.1, 0.15) is 5.65 Å². The first-order valence-corrected chi connectivity index (χ1v) is 7.03. The highest BCUT2D eigenvalue weighted by atomic mass is 16.3. The lowest BCUT2D eigenvalue weighted by Crippen LogP contribution is -2.29. The van der Waals surface area contributed by atoms with E-state index < -0.39 is 0 Å². The molecule has 2 heterocycles. The molecule has 0 aromatic carbocycles. The van der Waals surface area contributed by atoms with Gasteiger partial charge in [-0.05, 0) is 25.0 Å². The van der Waals surface area contributed by atoms with Gasteiger partial charge in [-0.2, -0.15) is 0 Å². The molecule has 0 saturated heterocycles. The van der Waals surface area contributed by atoms with Crippen molar-refractivity contribution < 1.29 is 5.11 Å². The third-order valence-corrected chi connectivity index (χ3v) is 3.67. The van der Waals surface area contributed by atoms with Crippen molar-refractivity contribution in [2.45, 2.75) is 33.8 Å². The summed E-state index contributed by atoms with van der Waals surface area (Å²) < 4.78 is 1.97. The molecule has 4 heteroatoms. The molecule has 0 fully saturated rings. The molecule has 0 radical (unpaired) electrons. The normalized spacial score (nSPS) is 12.8. The minimum atomic E-state index is 0.0114. The van der Waals surface area contributed by atoms with E-state index in [1.807, 2.05) is 28.8 Å². The number of anilines is 1. The van der Waals surface area contributed by atoms with Crippen LogP contribution in [0.15, 0.2) is 24.4 Å². The first-order valence-electron chi connectivity index (χ1n) is 7.03. The summed E-state index contributed by atoms with van der Waals surface area (Å²) in [6, 6.07) is 5.90. The van der Waals surface area contributed by atoms with E-state index >= 15 is 0 Å². The molecule has 2 aromatic rings. The quantitative estimate of drug-likeness (QED) is 0.869. The van der Waals surface area contributed by atoms with Gasteiger partial charge in [0.05, 0.1) is 12.3 Å². The number of rotatable bonds is 6. The van der Waals surface area contributed by atoms with Gasteiger partial charge >= 0.3 is 0 Å². The fraction of sp³-hybridized carbons (Fsp3) is 0.533. The number of fused-ring (bicyclic) bond motifs is 1. The zero-order valence-electron chi connectivity index (χ0n) is 12.0. The van der Waals surface area contributed by atoms with Crippen LogP contribution >= 0.6 is 0 Å². The van der Waals surface area contributed by atoms with E-state index in [-0.39, 0.29) is 6.61 Å². The third kappa shape index (κ3) is 2.73. The van der Waals surface area contributed by atoms with Crippen molar-refractivity contribution in [1.29, 1.82) is 0 Å². The van der Waals surface area contributed by atoms with Gasteiger partial charge < -0.3 is 10.0 Å². The summed E-state index contributed by atoms with van der Waals surface area (Å²) in [5.74, 6) is 1.54. The molecule has 1 unspecified atom stereocenters. The molecule has 2 aromatic heterocycles. The zero-order valence-corrected chi connectivity index (χ0v) is 12.0. The van der Waals surface area contributed by atoms with Crippen LogP contribution in [0.2, 0.25) is 0 Å². The van der Waals surface area contributed by atoms with Crippen molar-refractivity contribution >= 4 is 11.5 Å². The lowest BCUT2D eigenvalue weighted by atomic mass is 10.1. The largest absolute Gasteiger partial charge is 0.390 e. The maximum atomic E-state index is 9.65. The summed E-state index contributed by atoms with van der Waals surface area (Å²) in [5.41, 5.74) is 1.77. The highest BCUT2D eigenvalue weighted by Crippen LogP contribution is 2.23. The predicted octanol–water partition coefficient (Wildman–Crippen LogP) is 2.70. The van der Waals surface area contributed by atoms with Gasteiger partial charge in [0.25, 0.3) is 0 Å². The van der Waals surface area contributed by atoms with Crippen LogP contribution in [-0.4, -0.2) is 27.6 Å². The third-order valence-electron chi connectivity index (χ3n) is 3.67. The standard InChI is InChI=1S/C15H23N3O/c1-4-12(3)10-17(5-2)15-13(11-19)18-9-7-6-8-14(18)16-15/h6-9,12,19H,4-5,10-11H2,1-3H3. The van der Waals surface area contributed by atoms with Crippen molar-refractivity contribution in [3.8, 4) is 0 Å². The summed E-state index contributed by atoms with van der Waals surface area (Å²) in [6.45, 7) is 8.47. The van der Waals surface area contributed by atoms with E-state index in [4.69, 9.17) is 0 Å². The van der Waals surface area contributed by atoms with Gasteiger partial charge in [0, 0.05) is 19.3 Å². The smallest absolute Gasteiger partial charge is 0.153 e. The van der Waals surface area contributed by atoms with Gasteiger partial charge in [-0.15, -0.1) is 0 Å². The van der Waals surface area contributed by atoms with Crippen molar-refractivity contribution in [2.75, 3.05) is 18.0 Å². The first-order chi connectivity index (χ1) is 9.21. The highest BCUT2D eigenvalue weighted by molar-refractivity contribution is 5.55. The summed E-state index contributed by atoms with van der Waals surface area (Å²) in [5, 5.41) is 9.65. The molecule has 0 amide bonds. The van der Waals surface area contributed by atoms with Gasteiger partial charge in [0.2, 0.25) is 0 Å². The monoisotopic (exact) mass is 261 g/mol. The number of hydrogen-bond acceptors (Lipinski definition) is 3. The lowest BCUT2D eigenvalue weighted by Gasteiger charge is -2.24. The van der Waals surface area contributed by atoms with Gasteiger partial charge in [0.15, 0.2) is 5.82 Å². The SMILES string of the molecule is CCC(C)CN(CC)c1nc2ccccn2c1CO. The Hall–Kier alpha value is -1.55. The van der Waals surface area contributed by atoms with Crippen LogP contribution in [0.3, 0.4) is 0 Å². The number of imidazole rings is 1. The fourth-order valence-corrected chi connectivity index (χ4v) is 2.30. The number of aromatic nitrogens is 2. The molecular weight excluding hydrogens is 238 g/mol. The summed E-state index contributed by atoms with van der Waals surface area (Å²) >= 11 is 0. The van der Waals surface area contributed by atoms with Crippen LogP contribution in [-0.2, 0) is 6.61 Å². The Balaban J connectivity index is 2.41. The number of pyridine rings is 1. The molecule has 4 nitrogen and oxygen atoms in total. The molecule has 0 aliphatic heterocycles. The van der Waals surface area contributed by atoms with E-state index in [1.54, 1.807) is 0 Å². The van der Waals surface area contributed by atoms with E-state index in [0.717, 1.165) is 36.7 Å². The molecule has 0 bridgehead atoms. The maximum Gasteiger partial charge on any atom is 0.153 e. The minimum Gasteiger partial charge on any atom is -0.390 e. The van der Waals surface area contributed by atoms with Gasteiger partial charge in [-0.3, -0.25) is 4.40 Å². The summed E-state index contributed by atoms with van der Waals surface area (Å²) in [6.07, 6.45) is 3.10. The Labute approximate surface area is 114 Å². The molecule has 0 spiro atoms. The number of aliphatic hydroxyl groups is 1. The van der Waals surface area contributed by atoms with Gasteiger partial charge in [-0.25, -0.2) is 4.98 Å². The van der Waals surface area contributed by atoms with E-state index in [0.29, 0.717) is 5.92 Å². The van der Waals surface area contributed by atoms with Crippen molar-refractivity contribution in [1.82, 2.24) is 9.38 Å². The molecule has 104 valence electrons. The molecule has 19 heavy (non-hydrogen) atoms. The van der Waals surface area contributed by atoms with Crippen LogP contribution in [0.5, 0.6) is 0 Å². The predicted molar refractivity (Wildman–Crippen MR) is 78.5 cm³/mol. The second kappa shape index (κ2) is 6.06. The summed E-state index contributed by atoms with van der Waals surface area (Å²) in [4.78, 5) is 6.93. The first kappa shape index (κ1) is 13.9. The van der Waals surface area contributed by atoms with E-state index in [1.165, 1.54) is 0 Å². The Bertz CT molecular complexity index is 535. The zero-order chi connectivity index (χ0) is 13.8. The average Bonchev–Trinajstić information content (AvgIpc) is 2.82. The van der Waals surface area contributed by atoms with Crippen LogP contribution in [0.1, 0.15) is 32.9 Å². The lowest BCUT2D eigenvalue weighted by molar-refractivity contribution is 0.276. The second-order valence-corrected chi connectivity index (χ2v) is 5.02. The minimum absolute atomic E-state index is 0.0114. The molecule has 0 aliphatic rings. The fourth-order valence-electron chi connectivity index (χ4n) is 2.30. The second-order valence-electron chi connectivity index (χ2n) is 5.02. The van der Waals surface area contributed by atoms with Crippen LogP contribution in [0.4, 0.5) is 5.82 Å². The van der Waals surface area contributed by atoms with E-state index in [2.05, 4.69) is 30.7 Å². The van der Waals surface area contributed by atoms with Crippen LogP contribution in [0.25, 0.3) is 5.65 Å². The highest BCUT2D eigenvalue weighted by Gasteiger charge is 2.17. The topological polar surface area (TPSA) is 40.8 Å². The van der Waals surface area contributed by atoms with Gasteiger partial charge in [-0.1, -0.05) is 26.3 Å². The molecular formula is C15H23N3O. The summed E-state index contributed by atoms with van der Waals surface area (Å²) in [7, 11) is 0. The molecule has 1 N–H and O–H groups in total. The molecule has 2 rings (SSSR count). The van der Waals surface area contributed by atoms with Crippen molar-refractivity contribution in [3.63, 3.8) is 0 Å². The Morgan fingerprint density at radius 3 is 2.79 bits per heavy atom. The molecule has 1 atom stereocenters. The molecule has 0 aliphatic carbocycles. The van der Waals surface area contributed by atoms with Crippen molar-refractivity contribution in [2.24, 2.45) is 5.92 Å².